The summed E-state index contributed by atoms with van der Waals surface area (Å²) in [5.41, 5.74) is 0.322. The molecular formula is C9H8Cl3OP. The van der Waals surface area contributed by atoms with Gasteiger partial charge in [0.1, 0.15) is 0 Å². The van der Waals surface area contributed by atoms with Gasteiger partial charge in [-0.05, 0) is 18.3 Å². The first-order chi connectivity index (χ1) is 6.57. The lowest BCUT2D eigenvalue weighted by atomic mass is 10.1. The number of carbonyl (C=O) groups excluding carboxylic acids is 1. The number of hydrogen-bond acceptors (Lipinski definition) is 1. The van der Waals surface area contributed by atoms with Crippen LogP contribution in [0, 0.1) is 0 Å². The zero-order valence-electron chi connectivity index (χ0n) is 7.19. The number of carbonyl (C=O) groups is 1. The second kappa shape index (κ2) is 5.32. The number of hydrogen-bond donors (Lipinski definition) is 0. The maximum Gasteiger partial charge on any atom is 0.166 e. The summed E-state index contributed by atoms with van der Waals surface area (Å²) in [4.78, 5) is 11.6. The van der Waals surface area contributed by atoms with Crippen LogP contribution in [0.15, 0.2) is 12.1 Å². The Labute approximate surface area is 99.9 Å². The molecule has 1 rings (SSSR count). The zero-order chi connectivity index (χ0) is 10.7. The standard InChI is InChI=1S/C9H8Cl3OP/c10-5-1-2-6(11)9(12)8(5)7(13)3-4-14/h1-2H,3-4,14H2. The van der Waals surface area contributed by atoms with E-state index in [1.165, 1.54) is 0 Å². The van der Waals surface area contributed by atoms with E-state index < -0.39 is 0 Å². The van der Waals surface area contributed by atoms with Gasteiger partial charge < -0.3 is 0 Å². The van der Waals surface area contributed by atoms with Gasteiger partial charge in [-0.2, -0.15) is 0 Å². The van der Waals surface area contributed by atoms with E-state index in [1.54, 1.807) is 12.1 Å². The van der Waals surface area contributed by atoms with Crippen molar-refractivity contribution in [3.05, 3.63) is 32.8 Å². The highest BCUT2D eigenvalue weighted by molar-refractivity contribution is 7.16. The van der Waals surface area contributed by atoms with Crippen molar-refractivity contribution in [3.63, 3.8) is 0 Å². The van der Waals surface area contributed by atoms with Gasteiger partial charge in [-0.15, -0.1) is 9.24 Å². The normalized spacial score (nSPS) is 10.3. The van der Waals surface area contributed by atoms with Gasteiger partial charge in [0.2, 0.25) is 0 Å². The molecule has 0 heterocycles. The first-order valence-corrected chi connectivity index (χ1v) is 5.89. The molecule has 0 N–H and O–H groups in total. The Hall–Kier alpha value is 0.190. The van der Waals surface area contributed by atoms with E-state index in [0.29, 0.717) is 28.2 Å². The lowest BCUT2D eigenvalue weighted by Gasteiger charge is -2.06. The number of benzene rings is 1. The molecule has 1 nitrogen and oxygen atoms in total. The fourth-order valence-corrected chi connectivity index (χ4v) is 2.04. The van der Waals surface area contributed by atoms with Crippen LogP contribution in [0.3, 0.4) is 0 Å². The molecule has 1 atom stereocenters. The lowest BCUT2D eigenvalue weighted by molar-refractivity contribution is 0.0990. The molecule has 0 radical (unpaired) electrons. The maximum absolute atomic E-state index is 11.6. The van der Waals surface area contributed by atoms with Crippen LogP contribution < -0.4 is 0 Å². The van der Waals surface area contributed by atoms with Gasteiger partial charge in [-0.1, -0.05) is 34.8 Å². The zero-order valence-corrected chi connectivity index (χ0v) is 10.6. The van der Waals surface area contributed by atoms with E-state index in [4.69, 9.17) is 34.8 Å². The minimum absolute atomic E-state index is 0.0856. The molecule has 1 unspecified atom stereocenters. The summed E-state index contributed by atoms with van der Waals surface area (Å²) in [7, 11) is 2.48. The monoisotopic (exact) mass is 268 g/mol. The SMILES string of the molecule is O=C(CCP)c1c(Cl)ccc(Cl)c1Cl. The highest BCUT2D eigenvalue weighted by Gasteiger charge is 2.15. The van der Waals surface area contributed by atoms with Crippen LogP contribution in [0.25, 0.3) is 0 Å². The summed E-state index contributed by atoms with van der Waals surface area (Å²) in [6, 6.07) is 3.15. The van der Waals surface area contributed by atoms with Gasteiger partial charge in [0.05, 0.1) is 20.6 Å². The summed E-state index contributed by atoms with van der Waals surface area (Å²) < 4.78 is 0. The largest absolute Gasteiger partial charge is 0.294 e. The molecule has 76 valence electrons. The van der Waals surface area contributed by atoms with Gasteiger partial charge in [-0.25, -0.2) is 0 Å². The quantitative estimate of drug-likeness (QED) is 0.459. The van der Waals surface area contributed by atoms with Gasteiger partial charge >= 0.3 is 0 Å². The van der Waals surface area contributed by atoms with Crippen molar-refractivity contribution < 1.29 is 4.79 Å². The van der Waals surface area contributed by atoms with E-state index in [2.05, 4.69) is 9.24 Å². The molecule has 0 bridgehead atoms. The minimum Gasteiger partial charge on any atom is -0.294 e. The van der Waals surface area contributed by atoms with Crippen LogP contribution in [-0.2, 0) is 0 Å². The number of rotatable bonds is 3. The summed E-state index contributed by atoms with van der Waals surface area (Å²) in [5.74, 6) is -0.0856. The Balaban J connectivity index is 3.18. The van der Waals surface area contributed by atoms with Crippen molar-refractivity contribution >= 4 is 49.8 Å². The van der Waals surface area contributed by atoms with E-state index >= 15 is 0 Å². The Morgan fingerprint density at radius 1 is 1.21 bits per heavy atom. The summed E-state index contributed by atoms with van der Waals surface area (Å²) >= 11 is 17.5. The third kappa shape index (κ3) is 2.61. The number of halogens is 3. The highest BCUT2D eigenvalue weighted by atomic mass is 35.5. The molecule has 0 saturated heterocycles. The smallest absolute Gasteiger partial charge is 0.166 e. The van der Waals surface area contributed by atoms with Crippen molar-refractivity contribution in [3.8, 4) is 0 Å². The first-order valence-electron chi connectivity index (χ1n) is 3.94. The van der Waals surface area contributed by atoms with Crippen molar-refractivity contribution in [1.82, 2.24) is 0 Å². The fourth-order valence-electron chi connectivity index (χ4n) is 1.04. The molecule has 0 aliphatic carbocycles. The fraction of sp³-hybridized carbons (Fsp3) is 0.222. The van der Waals surface area contributed by atoms with Gasteiger partial charge in [-0.3, -0.25) is 4.79 Å². The third-order valence-corrected chi connectivity index (χ3v) is 3.10. The van der Waals surface area contributed by atoms with E-state index in [0.717, 1.165) is 0 Å². The third-order valence-electron chi connectivity index (χ3n) is 1.69. The summed E-state index contributed by atoms with van der Waals surface area (Å²) in [6.07, 6.45) is 1.07. The van der Waals surface area contributed by atoms with Crippen LogP contribution in [0.1, 0.15) is 16.8 Å². The van der Waals surface area contributed by atoms with Crippen molar-refractivity contribution in [1.29, 1.82) is 0 Å². The van der Waals surface area contributed by atoms with Crippen LogP contribution in [-0.4, -0.2) is 11.9 Å². The van der Waals surface area contributed by atoms with Crippen molar-refractivity contribution in [2.45, 2.75) is 6.42 Å². The second-order valence-corrected chi connectivity index (χ2v) is 4.45. The van der Waals surface area contributed by atoms with Crippen LogP contribution >= 0.6 is 44.0 Å². The molecular weight excluding hydrogens is 261 g/mol. The Morgan fingerprint density at radius 3 is 2.36 bits per heavy atom. The highest BCUT2D eigenvalue weighted by Crippen LogP contribution is 2.32. The van der Waals surface area contributed by atoms with E-state index in [1.807, 2.05) is 0 Å². The van der Waals surface area contributed by atoms with Gasteiger partial charge in [0, 0.05) is 6.42 Å². The molecule has 1 aromatic carbocycles. The van der Waals surface area contributed by atoms with Crippen LogP contribution in [0.5, 0.6) is 0 Å². The molecule has 0 fully saturated rings. The lowest BCUT2D eigenvalue weighted by Crippen LogP contribution is -2.01. The average Bonchev–Trinajstić information content (AvgIpc) is 2.13. The molecule has 14 heavy (non-hydrogen) atoms. The average molecular weight is 269 g/mol. The number of Topliss-reactive ketones (excluding diaryl/α,β-unsaturated/α-hetero) is 1. The van der Waals surface area contributed by atoms with Crippen molar-refractivity contribution in [2.24, 2.45) is 0 Å². The molecule has 0 amide bonds. The van der Waals surface area contributed by atoms with Crippen LogP contribution in [0.4, 0.5) is 0 Å². The molecule has 0 aliphatic rings. The predicted octanol–water partition coefficient (Wildman–Crippen LogP) is 4.09. The van der Waals surface area contributed by atoms with Gasteiger partial charge in [0.15, 0.2) is 5.78 Å². The van der Waals surface area contributed by atoms with Crippen LogP contribution in [0.2, 0.25) is 15.1 Å². The predicted molar refractivity (Wildman–Crippen MR) is 65.0 cm³/mol. The molecule has 0 saturated carbocycles. The van der Waals surface area contributed by atoms with E-state index in [9.17, 15) is 4.79 Å². The first kappa shape index (κ1) is 12.3. The molecule has 5 heteroatoms. The Bertz CT molecular complexity index is 365. The van der Waals surface area contributed by atoms with Gasteiger partial charge in [0.25, 0.3) is 0 Å². The second-order valence-electron chi connectivity index (χ2n) is 2.68. The molecule has 1 aromatic rings. The Morgan fingerprint density at radius 2 is 1.79 bits per heavy atom. The topological polar surface area (TPSA) is 17.1 Å². The minimum atomic E-state index is -0.0856. The number of ketones is 1. The maximum atomic E-state index is 11.6. The Kier molecular flexibility index (Phi) is 4.66. The van der Waals surface area contributed by atoms with Crippen molar-refractivity contribution in [2.75, 3.05) is 6.16 Å². The van der Waals surface area contributed by atoms with E-state index in [-0.39, 0.29) is 10.8 Å². The summed E-state index contributed by atoms with van der Waals surface area (Å²) in [5, 5.41) is 0.939. The molecule has 0 aromatic heterocycles. The molecule has 0 aliphatic heterocycles. The molecule has 0 spiro atoms. The summed E-state index contributed by atoms with van der Waals surface area (Å²) in [6.45, 7) is 0.